The fourth-order valence-electron chi connectivity index (χ4n) is 4.14. The Morgan fingerprint density at radius 1 is 1.12 bits per heavy atom. The zero-order valence-electron chi connectivity index (χ0n) is 18.7. The first-order valence-corrected chi connectivity index (χ1v) is 12.0. The summed E-state index contributed by atoms with van der Waals surface area (Å²) >= 11 is 0. The molecule has 0 saturated heterocycles. The van der Waals surface area contributed by atoms with Gasteiger partial charge in [0.2, 0.25) is 0 Å². The summed E-state index contributed by atoms with van der Waals surface area (Å²) in [6.07, 6.45) is 1.34. The first kappa shape index (κ1) is 24.4. The van der Waals surface area contributed by atoms with E-state index in [1.54, 1.807) is 32.0 Å². The van der Waals surface area contributed by atoms with Crippen LogP contribution in [-0.2, 0) is 24.2 Å². The Kier molecular flexibility index (Phi) is 6.87. The molecule has 0 aliphatic heterocycles. The molecule has 1 aliphatic rings. The van der Waals surface area contributed by atoms with E-state index in [1.165, 1.54) is 25.1 Å². The average Bonchev–Trinajstić information content (AvgIpc) is 3.27. The zero-order chi connectivity index (χ0) is 24.4. The summed E-state index contributed by atoms with van der Waals surface area (Å²) < 4.78 is 30.6. The van der Waals surface area contributed by atoms with Crippen molar-refractivity contribution in [2.45, 2.75) is 56.1 Å². The molecule has 0 radical (unpaired) electrons. The first-order valence-electron chi connectivity index (χ1n) is 10.5. The number of sulfone groups is 1. The van der Waals surface area contributed by atoms with Crippen LogP contribution in [0, 0.1) is 30.9 Å². The van der Waals surface area contributed by atoms with Crippen LogP contribution in [-0.4, -0.2) is 36.6 Å². The van der Waals surface area contributed by atoms with Gasteiger partial charge in [-0.15, -0.1) is 0 Å². The second-order valence-corrected chi connectivity index (χ2v) is 10.5. The number of nitrogens with one attached hydrogen (secondary N) is 1. The molecule has 1 N–H and O–H groups in total. The number of anilines is 1. The molecule has 176 valence electrons. The van der Waals surface area contributed by atoms with Gasteiger partial charge in [0.15, 0.2) is 21.2 Å². The fraction of sp³-hybridized carbons (Fsp3) is 0.391. The highest BCUT2D eigenvalue weighted by atomic mass is 32.2. The summed E-state index contributed by atoms with van der Waals surface area (Å²) in [4.78, 5) is 36.1. The lowest BCUT2D eigenvalue weighted by Gasteiger charge is -2.27. The van der Waals surface area contributed by atoms with E-state index in [1.807, 2.05) is 0 Å². The van der Waals surface area contributed by atoms with E-state index in [-0.39, 0.29) is 34.7 Å². The molecule has 0 heterocycles. The van der Waals surface area contributed by atoms with E-state index < -0.39 is 38.0 Å². The van der Waals surface area contributed by atoms with Crippen LogP contribution in [0.3, 0.4) is 0 Å². The van der Waals surface area contributed by atoms with E-state index in [0.717, 1.165) is 5.56 Å². The van der Waals surface area contributed by atoms with Crippen LogP contribution >= 0.6 is 0 Å². The zero-order valence-corrected chi connectivity index (χ0v) is 19.5. The average molecular weight is 475 g/mol. The maximum Gasteiger partial charge on any atom is 0.328 e. The van der Waals surface area contributed by atoms with E-state index in [0.29, 0.717) is 18.4 Å². The van der Waals surface area contributed by atoms with Gasteiger partial charge in [-0.2, -0.15) is 0 Å². The van der Waals surface area contributed by atoms with Crippen LogP contribution in [0.5, 0.6) is 0 Å². The normalized spacial score (nSPS) is 15.1. The van der Waals surface area contributed by atoms with Crippen LogP contribution in [0.4, 0.5) is 11.4 Å². The van der Waals surface area contributed by atoms with Gasteiger partial charge in [0, 0.05) is 6.07 Å². The molecular formula is C23H26N2O7S. The molecule has 2 aromatic rings. The number of carbonyl (C=O) groups excluding carboxylic acids is 2. The van der Waals surface area contributed by atoms with Crippen molar-refractivity contribution >= 4 is 33.1 Å². The molecule has 0 aromatic heterocycles. The molecule has 0 atom stereocenters. The number of nitro groups is 1. The monoisotopic (exact) mass is 474 g/mol. The van der Waals surface area contributed by atoms with Crippen LogP contribution in [0.1, 0.15) is 42.4 Å². The van der Waals surface area contributed by atoms with Crippen molar-refractivity contribution in [1.29, 1.82) is 0 Å². The summed E-state index contributed by atoms with van der Waals surface area (Å²) in [7, 11) is -4.06. The van der Waals surface area contributed by atoms with Crippen LogP contribution in [0.15, 0.2) is 41.3 Å². The van der Waals surface area contributed by atoms with Crippen LogP contribution in [0.25, 0.3) is 0 Å². The Balaban J connectivity index is 1.79. The Labute approximate surface area is 192 Å². The van der Waals surface area contributed by atoms with Crippen molar-refractivity contribution in [3.63, 3.8) is 0 Å². The molecule has 1 fully saturated rings. The maximum absolute atomic E-state index is 13.6. The number of aryl methyl sites for hydroxylation is 2. The molecule has 1 amide bonds. The number of nitrogens with zero attached hydrogens (tertiary/aromatic N) is 1. The second-order valence-electron chi connectivity index (χ2n) is 8.30. The largest absolute Gasteiger partial charge is 0.454 e. The summed E-state index contributed by atoms with van der Waals surface area (Å²) in [6.45, 7) is 4.24. The van der Waals surface area contributed by atoms with E-state index >= 15 is 0 Å². The highest BCUT2D eigenvalue weighted by molar-refractivity contribution is 7.93. The molecule has 1 aliphatic carbocycles. The van der Waals surface area contributed by atoms with Crippen molar-refractivity contribution in [3.05, 3.63) is 63.2 Å². The Morgan fingerprint density at radius 2 is 1.79 bits per heavy atom. The summed E-state index contributed by atoms with van der Waals surface area (Å²) in [5.41, 5.74) is 1.61. The third-order valence-electron chi connectivity index (χ3n) is 6.04. The predicted octanol–water partition coefficient (Wildman–Crippen LogP) is 3.79. The van der Waals surface area contributed by atoms with Crippen molar-refractivity contribution in [1.82, 2.24) is 0 Å². The summed E-state index contributed by atoms with van der Waals surface area (Å²) in [5.74, 6) is -1.67. The number of nitro benzene ring substituents is 1. The van der Waals surface area contributed by atoms with Crippen molar-refractivity contribution < 1.29 is 27.7 Å². The first-order chi connectivity index (χ1) is 15.5. The van der Waals surface area contributed by atoms with Gasteiger partial charge in [0.1, 0.15) is 0 Å². The highest BCUT2D eigenvalue weighted by Crippen LogP contribution is 2.42. The van der Waals surface area contributed by atoms with Crippen LogP contribution < -0.4 is 5.32 Å². The smallest absolute Gasteiger partial charge is 0.328 e. The number of esters is 1. The van der Waals surface area contributed by atoms with Gasteiger partial charge in [-0.1, -0.05) is 31.0 Å². The van der Waals surface area contributed by atoms with Gasteiger partial charge in [-0.3, -0.25) is 19.7 Å². The number of hydrogen-bond acceptors (Lipinski definition) is 7. The molecule has 0 spiro atoms. The third kappa shape index (κ3) is 4.61. The van der Waals surface area contributed by atoms with Gasteiger partial charge in [0.25, 0.3) is 11.6 Å². The summed E-state index contributed by atoms with van der Waals surface area (Å²) in [5, 5.41) is 13.6. The maximum atomic E-state index is 13.6. The lowest BCUT2D eigenvalue weighted by atomic mass is 10.1. The molecule has 9 nitrogen and oxygen atoms in total. The molecule has 2 aromatic carbocycles. The lowest BCUT2D eigenvalue weighted by Crippen LogP contribution is -2.46. The standard InChI is InChI=1S/C23H26N2O7S/c1-15-9-10-16(2)20(13-15)33(30,31)23(11-4-5-12-23)22(27)32-14-21(26)24-18-7-6-8-19(17(18)3)25(28)29/h6-10,13H,4-5,11-12,14H2,1-3H3,(H,24,26). The lowest BCUT2D eigenvalue weighted by molar-refractivity contribution is -0.385. The van der Waals surface area contributed by atoms with Gasteiger partial charge in [-0.25, -0.2) is 8.42 Å². The minimum absolute atomic E-state index is 0.0954. The van der Waals surface area contributed by atoms with Gasteiger partial charge >= 0.3 is 5.97 Å². The minimum atomic E-state index is -4.06. The number of ether oxygens (including phenoxy) is 1. The van der Waals surface area contributed by atoms with Gasteiger partial charge in [0.05, 0.1) is 21.1 Å². The van der Waals surface area contributed by atoms with Crippen LogP contribution in [0.2, 0.25) is 0 Å². The number of carbonyl (C=O) groups is 2. The number of benzene rings is 2. The second kappa shape index (κ2) is 9.30. The molecular weight excluding hydrogens is 448 g/mol. The third-order valence-corrected chi connectivity index (χ3v) is 8.66. The SMILES string of the molecule is Cc1ccc(C)c(S(=O)(=O)C2(C(=O)OCC(=O)Nc3cccc([N+](=O)[O-])c3C)CCCC2)c1. The van der Waals surface area contributed by atoms with Crippen molar-refractivity contribution in [2.24, 2.45) is 0 Å². The van der Waals surface area contributed by atoms with E-state index in [9.17, 15) is 28.1 Å². The Morgan fingerprint density at radius 3 is 2.42 bits per heavy atom. The van der Waals surface area contributed by atoms with Crippen molar-refractivity contribution in [3.8, 4) is 0 Å². The molecule has 0 bridgehead atoms. The highest BCUT2D eigenvalue weighted by Gasteiger charge is 2.54. The fourth-order valence-corrected chi connectivity index (χ4v) is 6.50. The van der Waals surface area contributed by atoms with E-state index in [4.69, 9.17) is 4.74 Å². The molecule has 33 heavy (non-hydrogen) atoms. The Hall–Kier alpha value is -3.27. The Bertz CT molecular complexity index is 1220. The molecule has 10 heteroatoms. The van der Waals surface area contributed by atoms with E-state index in [2.05, 4.69) is 5.32 Å². The number of hydrogen-bond donors (Lipinski definition) is 1. The predicted molar refractivity (Wildman–Crippen MR) is 122 cm³/mol. The van der Waals surface area contributed by atoms with Gasteiger partial charge < -0.3 is 10.1 Å². The van der Waals surface area contributed by atoms with Crippen molar-refractivity contribution in [2.75, 3.05) is 11.9 Å². The topological polar surface area (TPSA) is 133 Å². The number of rotatable bonds is 7. The van der Waals surface area contributed by atoms with Gasteiger partial charge in [-0.05, 0) is 56.9 Å². The molecule has 0 unspecified atom stereocenters. The molecule has 1 saturated carbocycles. The molecule has 3 rings (SSSR count). The summed E-state index contributed by atoms with van der Waals surface area (Å²) in [6, 6.07) is 9.28. The quantitative estimate of drug-likeness (QED) is 0.367. The number of amides is 1. The minimum Gasteiger partial charge on any atom is -0.454 e.